The molecule has 0 saturated carbocycles. The van der Waals surface area contributed by atoms with Gasteiger partial charge in [0.2, 0.25) is 0 Å². The molecule has 3 heterocycles. The molecular weight excluding hydrogens is 702 g/mol. The van der Waals surface area contributed by atoms with Crippen molar-refractivity contribution in [2.24, 2.45) is 0 Å². The summed E-state index contributed by atoms with van der Waals surface area (Å²) in [5, 5.41) is 0.741. The van der Waals surface area contributed by atoms with Crippen LogP contribution in [0.2, 0.25) is 0 Å². The number of imidazole rings is 2. The van der Waals surface area contributed by atoms with Crippen LogP contribution in [-0.4, -0.2) is 23.9 Å². The van der Waals surface area contributed by atoms with Crippen LogP contribution in [0.15, 0.2) is 91.3 Å². The number of halogens is 1. The first-order chi connectivity index (χ1) is 19.7. The van der Waals surface area contributed by atoms with Crippen LogP contribution < -0.4 is 0 Å². The second-order valence-electron chi connectivity index (χ2n) is 11.2. The molecule has 0 atom stereocenters. The molecule has 1 radical (unpaired) electrons. The zero-order valence-electron chi connectivity index (χ0n) is 24.1. The summed E-state index contributed by atoms with van der Waals surface area (Å²) in [5.41, 5.74) is 7.79. The van der Waals surface area contributed by atoms with Gasteiger partial charge in [-0.05, 0) is 42.6 Å². The van der Waals surface area contributed by atoms with Crippen molar-refractivity contribution in [1.82, 2.24) is 23.9 Å². The molecule has 0 N–H and O–H groups in total. The molecule has 0 aliphatic heterocycles. The van der Waals surface area contributed by atoms with E-state index in [1.54, 1.807) is 0 Å². The molecule has 213 valence electrons. The summed E-state index contributed by atoms with van der Waals surface area (Å²) >= 11 is 0. The Labute approximate surface area is 258 Å². The van der Waals surface area contributed by atoms with E-state index in [1.807, 2.05) is 60.9 Å². The zero-order valence-corrected chi connectivity index (χ0v) is 26.5. The summed E-state index contributed by atoms with van der Waals surface area (Å²) in [7, 11) is 0. The van der Waals surface area contributed by atoms with Crippen molar-refractivity contribution < 1.29 is 24.5 Å². The zero-order chi connectivity index (χ0) is 28.7. The minimum absolute atomic E-state index is 0. The van der Waals surface area contributed by atoms with Gasteiger partial charge in [-0.2, -0.15) is 0 Å². The maximum Gasteiger partial charge on any atom is 0.102 e. The van der Waals surface area contributed by atoms with Gasteiger partial charge in [-0.25, -0.2) is 0 Å². The second-order valence-corrected chi connectivity index (χ2v) is 11.2. The molecule has 0 spiro atoms. The summed E-state index contributed by atoms with van der Waals surface area (Å²) in [6, 6.07) is 31.2. The van der Waals surface area contributed by atoms with Crippen LogP contribution in [-0.2, 0) is 25.5 Å². The van der Waals surface area contributed by atoms with E-state index in [4.69, 9.17) is 9.97 Å². The predicted molar refractivity (Wildman–Crippen MR) is 163 cm³/mol. The molecule has 7 rings (SSSR count). The Morgan fingerprint density at radius 3 is 2.29 bits per heavy atom. The van der Waals surface area contributed by atoms with Gasteiger partial charge in [-0.15, -0.1) is 48.0 Å². The Balaban J connectivity index is 0.000000166. The third-order valence-electron chi connectivity index (χ3n) is 7.05. The molecule has 7 heteroatoms. The molecule has 0 saturated heterocycles. The Bertz CT molecular complexity index is 2000. The van der Waals surface area contributed by atoms with E-state index in [9.17, 15) is 4.39 Å². The fraction of sp³-hybridized carbons (Fsp3) is 0.171. The van der Waals surface area contributed by atoms with Gasteiger partial charge in [0, 0.05) is 49.4 Å². The molecule has 3 aromatic heterocycles. The maximum absolute atomic E-state index is 13.6. The smallest absolute Gasteiger partial charge is 0.102 e. The first-order valence-corrected chi connectivity index (χ1v) is 13.6. The first kappa shape index (κ1) is 29.3. The molecule has 0 unspecified atom stereocenters. The molecule has 0 amide bonds. The molecule has 0 bridgehead atoms. The van der Waals surface area contributed by atoms with Crippen LogP contribution in [0, 0.1) is 31.8 Å². The van der Waals surface area contributed by atoms with Crippen LogP contribution >= 0.6 is 0 Å². The van der Waals surface area contributed by atoms with Crippen LogP contribution in [0.1, 0.15) is 37.7 Å². The van der Waals surface area contributed by atoms with E-state index in [2.05, 4.69) is 78.9 Å². The third kappa shape index (κ3) is 5.38. The summed E-state index contributed by atoms with van der Waals surface area (Å²) < 4.78 is 17.8. The SMILES string of the molecule is CC(C)(C)c1nc2cc(F)c[c-]c2c2nc3ccccc3n12.Cc1cccc(C)c1-n1ccnc1-c1[c-]cccc1.[Ir]. The standard InChI is InChI=1S/C18H15FN3.C17H15N2.Ir/c1-18(2,3)17-21-14-10-11(19)8-9-12(14)16-20-13-6-4-5-7-15(13)22(16)17;1-13-7-6-8-14(2)16(13)19-12-11-18-17(19)15-9-4-3-5-10-15;/h4-8,10H,1-3H3;3-9,11-12H,1-2H3;/q2*-1;. The largest absolute Gasteiger partial charge is 0.340 e. The van der Waals surface area contributed by atoms with E-state index in [1.165, 1.54) is 28.9 Å². The van der Waals surface area contributed by atoms with E-state index in [0.717, 1.165) is 39.3 Å². The average molecular weight is 732 g/mol. The van der Waals surface area contributed by atoms with Crippen molar-refractivity contribution in [2.75, 3.05) is 0 Å². The number of benzene rings is 4. The number of nitrogens with zero attached hydrogens (tertiary/aromatic N) is 5. The maximum atomic E-state index is 13.6. The summed E-state index contributed by atoms with van der Waals surface area (Å²) in [5.74, 6) is 1.46. The number of aromatic nitrogens is 5. The number of rotatable bonds is 2. The van der Waals surface area contributed by atoms with Crippen LogP contribution in [0.4, 0.5) is 4.39 Å². The van der Waals surface area contributed by atoms with Crippen molar-refractivity contribution in [3.05, 3.63) is 126 Å². The quantitative estimate of drug-likeness (QED) is 0.169. The minimum atomic E-state index is -0.333. The van der Waals surface area contributed by atoms with E-state index in [0.29, 0.717) is 5.52 Å². The van der Waals surface area contributed by atoms with Crippen molar-refractivity contribution in [2.45, 2.75) is 40.0 Å². The van der Waals surface area contributed by atoms with Gasteiger partial charge in [-0.3, -0.25) is 19.3 Å². The van der Waals surface area contributed by atoms with Gasteiger partial charge in [-0.1, -0.05) is 62.6 Å². The first-order valence-electron chi connectivity index (χ1n) is 13.6. The molecule has 7 aromatic rings. The number of hydrogen-bond donors (Lipinski definition) is 0. The molecule has 0 aliphatic rings. The Morgan fingerprint density at radius 2 is 1.57 bits per heavy atom. The third-order valence-corrected chi connectivity index (χ3v) is 7.05. The topological polar surface area (TPSA) is 48.0 Å². The fourth-order valence-electron chi connectivity index (χ4n) is 5.20. The molecule has 5 nitrogen and oxygen atoms in total. The molecule has 0 aliphatic carbocycles. The normalized spacial score (nSPS) is 11.4. The van der Waals surface area contributed by atoms with Crippen LogP contribution in [0.25, 0.3) is 44.7 Å². The molecule has 42 heavy (non-hydrogen) atoms. The van der Waals surface area contributed by atoms with Gasteiger partial charge in [0.1, 0.15) is 5.82 Å². The molecule has 4 aromatic carbocycles. The van der Waals surface area contributed by atoms with Crippen LogP contribution in [0.5, 0.6) is 0 Å². The average Bonchev–Trinajstić information content (AvgIpc) is 3.58. The van der Waals surface area contributed by atoms with Gasteiger partial charge < -0.3 is 8.97 Å². The van der Waals surface area contributed by atoms with Gasteiger partial charge in [0.05, 0.1) is 22.5 Å². The van der Waals surface area contributed by atoms with E-state index >= 15 is 0 Å². The number of para-hydroxylation sites is 3. The predicted octanol–water partition coefficient (Wildman–Crippen LogP) is 8.23. The van der Waals surface area contributed by atoms with E-state index in [-0.39, 0.29) is 31.3 Å². The Hall–Kier alpha value is -4.19. The number of hydrogen-bond acceptors (Lipinski definition) is 3. The molecule has 0 fully saturated rings. The summed E-state index contributed by atoms with van der Waals surface area (Å²) in [4.78, 5) is 13.9. The monoisotopic (exact) mass is 732 g/mol. The van der Waals surface area contributed by atoms with Crippen molar-refractivity contribution in [3.63, 3.8) is 0 Å². The summed E-state index contributed by atoms with van der Waals surface area (Å²) in [6.45, 7) is 10.5. The second kappa shape index (κ2) is 11.6. The number of fused-ring (bicyclic) bond motifs is 5. The minimum Gasteiger partial charge on any atom is -0.340 e. The Kier molecular flexibility index (Phi) is 8.09. The molecular formula is C35H30FIrN5-2. The Morgan fingerprint density at radius 1 is 0.833 bits per heavy atom. The number of aryl methyl sites for hydroxylation is 2. The van der Waals surface area contributed by atoms with Crippen molar-refractivity contribution >= 4 is 27.6 Å². The van der Waals surface area contributed by atoms with Gasteiger partial charge in [0.25, 0.3) is 0 Å². The van der Waals surface area contributed by atoms with Crippen LogP contribution in [0.3, 0.4) is 0 Å². The van der Waals surface area contributed by atoms with E-state index < -0.39 is 0 Å². The van der Waals surface area contributed by atoms with Gasteiger partial charge >= 0.3 is 0 Å². The van der Waals surface area contributed by atoms with Gasteiger partial charge in [0.15, 0.2) is 0 Å². The van der Waals surface area contributed by atoms with Crippen molar-refractivity contribution in [3.8, 4) is 17.1 Å². The summed E-state index contributed by atoms with van der Waals surface area (Å²) in [6.07, 6.45) is 3.84. The fourth-order valence-corrected chi connectivity index (χ4v) is 5.20. The van der Waals surface area contributed by atoms with Crippen molar-refractivity contribution in [1.29, 1.82) is 0 Å².